The Morgan fingerprint density at radius 1 is 1.06 bits per heavy atom. The number of carbonyl (C=O) groups excluding carboxylic acids is 1. The summed E-state index contributed by atoms with van der Waals surface area (Å²) in [5.74, 6) is 1.96. The number of carbonyl (C=O) groups is 1. The van der Waals surface area contributed by atoms with Crippen molar-refractivity contribution in [2.24, 2.45) is 5.92 Å². The molecule has 4 rings (SSSR count). The molecule has 2 aromatic heterocycles. The quantitative estimate of drug-likeness (QED) is 0.670. The second-order valence-electron chi connectivity index (χ2n) is 8.64. The molecule has 7 heteroatoms. The van der Waals surface area contributed by atoms with Crippen LogP contribution in [-0.2, 0) is 4.79 Å². The summed E-state index contributed by atoms with van der Waals surface area (Å²) in [6, 6.07) is 14.0. The Labute approximate surface area is 183 Å². The number of nitrogens with zero attached hydrogens (tertiary/aromatic N) is 5. The van der Waals surface area contributed by atoms with Gasteiger partial charge in [-0.2, -0.15) is 5.10 Å². The van der Waals surface area contributed by atoms with Gasteiger partial charge in [0.15, 0.2) is 11.6 Å². The van der Waals surface area contributed by atoms with Crippen LogP contribution in [0.25, 0.3) is 5.82 Å². The molecule has 31 heavy (non-hydrogen) atoms. The maximum Gasteiger partial charge on any atom is 0.229 e. The fourth-order valence-corrected chi connectivity index (χ4v) is 4.06. The third-order valence-corrected chi connectivity index (χ3v) is 5.82. The maximum atomic E-state index is 12.9. The fraction of sp³-hybridized carbons (Fsp3) is 0.417. The Morgan fingerprint density at radius 2 is 1.77 bits per heavy atom. The highest BCUT2D eigenvalue weighted by Gasteiger charge is 2.27. The smallest absolute Gasteiger partial charge is 0.229 e. The Balaban J connectivity index is 1.41. The van der Waals surface area contributed by atoms with Gasteiger partial charge < -0.3 is 10.2 Å². The van der Waals surface area contributed by atoms with Gasteiger partial charge in [-0.1, -0.05) is 26.0 Å². The molecule has 1 atom stereocenters. The summed E-state index contributed by atoms with van der Waals surface area (Å²) in [7, 11) is 0. The highest BCUT2D eigenvalue weighted by Crippen LogP contribution is 2.24. The van der Waals surface area contributed by atoms with E-state index in [1.54, 1.807) is 4.68 Å². The topological polar surface area (TPSA) is 75.9 Å². The first-order chi connectivity index (χ1) is 14.9. The van der Waals surface area contributed by atoms with E-state index in [2.05, 4.69) is 51.5 Å². The lowest BCUT2D eigenvalue weighted by Crippen LogP contribution is -2.41. The number of amides is 1. The van der Waals surface area contributed by atoms with Crippen LogP contribution in [0.5, 0.6) is 0 Å². The predicted molar refractivity (Wildman–Crippen MR) is 123 cm³/mol. The molecule has 0 radical (unpaired) electrons. The first kappa shape index (κ1) is 21.0. The number of anilines is 2. The number of nitrogens with one attached hydrogen (secondary N) is 1. The van der Waals surface area contributed by atoms with Crippen molar-refractivity contribution in [3.05, 3.63) is 59.4 Å². The monoisotopic (exact) mass is 418 g/mol. The number of hydrogen-bond donors (Lipinski definition) is 1. The number of piperidine rings is 1. The lowest BCUT2D eigenvalue weighted by Gasteiger charge is -2.32. The molecule has 3 aromatic rings. The average molecular weight is 419 g/mol. The molecule has 1 unspecified atom stereocenters. The zero-order valence-electron chi connectivity index (χ0n) is 18.7. The average Bonchev–Trinajstić information content (AvgIpc) is 3.12. The first-order valence-electron chi connectivity index (χ1n) is 10.9. The van der Waals surface area contributed by atoms with Gasteiger partial charge in [-0.25, -0.2) is 4.68 Å². The lowest BCUT2D eigenvalue weighted by molar-refractivity contribution is -0.120. The minimum atomic E-state index is -0.0731. The van der Waals surface area contributed by atoms with Gasteiger partial charge in [-0.15, -0.1) is 10.2 Å². The van der Waals surface area contributed by atoms with Crippen LogP contribution >= 0.6 is 0 Å². The van der Waals surface area contributed by atoms with E-state index in [-0.39, 0.29) is 11.8 Å². The van der Waals surface area contributed by atoms with Crippen molar-refractivity contribution < 1.29 is 4.79 Å². The van der Waals surface area contributed by atoms with E-state index in [1.165, 1.54) is 5.56 Å². The summed E-state index contributed by atoms with van der Waals surface area (Å²) in [6.07, 6.45) is 1.83. The third-order valence-electron chi connectivity index (χ3n) is 5.82. The van der Waals surface area contributed by atoms with Crippen LogP contribution in [0.2, 0.25) is 0 Å². The molecular formula is C24H30N6O. The van der Waals surface area contributed by atoms with Gasteiger partial charge in [0.05, 0.1) is 11.6 Å². The number of aromatic nitrogens is 4. The number of benzene rings is 1. The zero-order valence-corrected chi connectivity index (χ0v) is 18.7. The van der Waals surface area contributed by atoms with Gasteiger partial charge in [-0.3, -0.25) is 4.79 Å². The molecule has 3 heterocycles. The van der Waals surface area contributed by atoms with Crippen molar-refractivity contribution in [1.82, 2.24) is 20.0 Å². The summed E-state index contributed by atoms with van der Waals surface area (Å²) >= 11 is 0. The predicted octanol–water partition coefficient (Wildman–Crippen LogP) is 4.26. The summed E-state index contributed by atoms with van der Waals surface area (Å²) < 4.78 is 1.79. The van der Waals surface area contributed by atoms with Crippen molar-refractivity contribution >= 4 is 17.4 Å². The number of aryl methyl sites for hydroxylation is 2. The van der Waals surface area contributed by atoms with Gasteiger partial charge in [0, 0.05) is 24.5 Å². The molecule has 0 aliphatic carbocycles. The second kappa shape index (κ2) is 8.88. The van der Waals surface area contributed by atoms with Crippen molar-refractivity contribution in [3.8, 4) is 5.82 Å². The summed E-state index contributed by atoms with van der Waals surface area (Å²) in [4.78, 5) is 15.0. The molecule has 1 aliphatic rings. The Morgan fingerprint density at radius 3 is 2.39 bits per heavy atom. The Kier molecular flexibility index (Phi) is 6.02. The Bertz CT molecular complexity index is 1040. The summed E-state index contributed by atoms with van der Waals surface area (Å²) in [5.41, 5.74) is 4.09. The van der Waals surface area contributed by atoms with Gasteiger partial charge in [0.25, 0.3) is 0 Å². The second-order valence-corrected chi connectivity index (χ2v) is 8.64. The van der Waals surface area contributed by atoms with Gasteiger partial charge >= 0.3 is 0 Å². The van der Waals surface area contributed by atoms with E-state index >= 15 is 0 Å². The van der Waals surface area contributed by atoms with Gasteiger partial charge in [0.1, 0.15) is 0 Å². The van der Waals surface area contributed by atoms with Crippen LogP contribution in [-0.4, -0.2) is 39.0 Å². The Hall–Kier alpha value is -3.22. The van der Waals surface area contributed by atoms with E-state index in [1.807, 2.05) is 44.2 Å². The van der Waals surface area contributed by atoms with Crippen molar-refractivity contribution in [2.45, 2.75) is 46.5 Å². The summed E-state index contributed by atoms with van der Waals surface area (Å²) in [6.45, 7) is 9.81. The molecule has 1 amide bonds. The molecule has 0 bridgehead atoms. The van der Waals surface area contributed by atoms with E-state index in [9.17, 15) is 4.79 Å². The molecule has 7 nitrogen and oxygen atoms in total. The van der Waals surface area contributed by atoms with Crippen LogP contribution < -0.4 is 10.2 Å². The van der Waals surface area contributed by atoms with E-state index in [0.29, 0.717) is 18.3 Å². The molecule has 1 fully saturated rings. The normalized spacial score (nSPS) is 16.5. The SMILES string of the molecule is Cc1cc(C)n(-c2ccc(N3CCCC(C(=O)Nc4ccc(C(C)C)cc4)C3)nn2)n1. The molecule has 0 spiro atoms. The molecule has 1 aromatic carbocycles. The van der Waals surface area contributed by atoms with E-state index in [0.717, 1.165) is 42.3 Å². The van der Waals surface area contributed by atoms with Gasteiger partial charge in [-0.05, 0) is 68.5 Å². The molecule has 1 aliphatic heterocycles. The molecule has 1 saturated heterocycles. The molecular weight excluding hydrogens is 388 g/mol. The first-order valence-corrected chi connectivity index (χ1v) is 10.9. The standard InChI is InChI=1S/C24H30N6O/c1-16(2)19-7-9-21(10-8-19)25-24(31)20-6-5-13-29(15-20)22-11-12-23(27-26-22)30-18(4)14-17(3)28-30/h7-12,14,16,20H,5-6,13,15H2,1-4H3,(H,25,31). The van der Waals surface area contributed by atoms with Crippen molar-refractivity contribution in [3.63, 3.8) is 0 Å². The minimum Gasteiger partial charge on any atom is -0.354 e. The molecule has 1 N–H and O–H groups in total. The highest BCUT2D eigenvalue weighted by atomic mass is 16.1. The van der Waals surface area contributed by atoms with E-state index < -0.39 is 0 Å². The highest BCUT2D eigenvalue weighted by molar-refractivity contribution is 5.93. The third kappa shape index (κ3) is 4.76. The van der Waals surface area contributed by atoms with Crippen LogP contribution in [0, 0.1) is 19.8 Å². The van der Waals surface area contributed by atoms with Crippen LogP contribution in [0.1, 0.15) is 49.6 Å². The summed E-state index contributed by atoms with van der Waals surface area (Å²) in [5, 5.41) is 16.3. The zero-order chi connectivity index (χ0) is 22.0. The maximum absolute atomic E-state index is 12.9. The molecule has 0 saturated carbocycles. The number of hydrogen-bond acceptors (Lipinski definition) is 5. The minimum absolute atomic E-state index is 0.0641. The van der Waals surface area contributed by atoms with Crippen LogP contribution in [0.3, 0.4) is 0 Å². The van der Waals surface area contributed by atoms with E-state index in [4.69, 9.17) is 0 Å². The molecule has 162 valence electrons. The van der Waals surface area contributed by atoms with Crippen molar-refractivity contribution in [2.75, 3.05) is 23.3 Å². The lowest BCUT2D eigenvalue weighted by atomic mass is 9.97. The fourth-order valence-electron chi connectivity index (χ4n) is 4.06. The van der Waals surface area contributed by atoms with Crippen LogP contribution in [0.15, 0.2) is 42.5 Å². The number of rotatable bonds is 5. The van der Waals surface area contributed by atoms with Crippen LogP contribution in [0.4, 0.5) is 11.5 Å². The largest absolute Gasteiger partial charge is 0.354 e. The van der Waals surface area contributed by atoms with Gasteiger partial charge in [0.2, 0.25) is 5.91 Å². The van der Waals surface area contributed by atoms with Crippen molar-refractivity contribution in [1.29, 1.82) is 0 Å².